The zero-order valence-electron chi connectivity index (χ0n) is 8.93. The monoisotopic (exact) mass is 235 g/mol. The van der Waals surface area contributed by atoms with Crippen LogP contribution in [0, 0.1) is 0 Å². The van der Waals surface area contributed by atoms with Crippen LogP contribution >= 0.6 is 0 Å². The van der Waals surface area contributed by atoms with E-state index in [1.807, 2.05) is 0 Å². The Hall–Kier alpha value is -0.0100. The summed E-state index contributed by atoms with van der Waals surface area (Å²) in [4.78, 5) is 4.50. The second-order valence-electron chi connectivity index (χ2n) is 3.77. The predicted molar refractivity (Wildman–Crippen MR) is 58.4 cm³/mol. The highest BCUT2D eigenvalue weighted by atomic mass is 32.2. The maximum atomic E-state index is 10.3. The van der Waals surface area contributed by atoms with Crippen molar-refractivity contribution in [1.29, 1.82) is 0 Å². The first kappa shape index (κ1) is 13.1. The van der Waals surface area contributed by atoms with Crippen molar-refractivity contribution in [1.82, 2.24) is 9.80 Å². The molecule has 1 aliphatic heterocycles. The highest BCUT2D eigenvalue weighted by Gasteiger charge is 2.15. The molecule has 0 radical (unpaired) electrons. The Labute approximate surface area is 93.3 Å². The number of hydrogen-bond donors (Lipinski definition) is 1. The summed E-state index contributed by atoms with van der Waals surface area (Å²) in [5.41, 5.74) is 0. The zero-order chi connectivity index (χ0) is 11.1. The molecule has 0 spiro atoms. The average molecular weight is 235 g/mol. The van der Waals surface area contributed by atoms with Gasteiger partial charge >= 0.3 is 0 Å². The Kier molecular flexibility index (Phi) is 6.35. The van der Waals surface area contributed by atoms with Gasteiger partial charge in [-0.1, -0.05) is 11.1 Å². The maximum absolute atomic E-state index is 10.3. The third kappa shape index (κ3) is 5.58. The maximum Gasteiger partial charge on any atom is 0.0558 e. The van der Waals surface area contributed by atoms with Gasteiger partial charge < -0.3 is 14.6 Å². The van der Waals surface area contributed by atoms with E-state index < -0.39 is 11.1 Å². The fourth-order valence-electron chi connectivity index (χ4n) is 1.78. The molecule has 0 aliphatic carbocycles. The third-order valence-corrected chi connectivity index (χ3v) is 3.29. The summed E-state index contributed by atoms with van der Waals surface area (Å²) in [5, 5.41) is 8.76. The summed E-state index contributed by atoms with van der Waals surface area (Å²) in [6.07, 6.45) is 0.718. The number of β-amino-alcohol motifs (C(OH)–C–C–N with tert-alkyl or cyclic N) is 1. The SMILES string of the molecule is O=S([O-])CCCN1CCN(CCO)CC1. The Bertz CT molecular complexity index is 196. The van der Waals surface area contributed by atoms with Gasteiger partial charge in [0.05, 0.1) is 6.61 Å². The molecule has 0 aromatic carbocycles. The number of nitrogens with zero attached hydrogens (tertiary/aromatic N) is 2. The molecule has 0 aromatic rings. The van der Waals surface area contributed by atoms with E-state index in [9.17, 15) is 8.76 Å². The standard InChI is InChI=1S/C9H20N2O3S/c12-8-7-11-5-3-10(4-6-11)2-1-9-15(13)14/h12H,1-9H2,(H,13,14)/p-1. The van der Waals surface area contributed by atoms with Crippen molar-refractivity contribution in [2.45, 2.75) is 6.42 Å². The normalized spacial score (nSPS) is 21.7. The highest BCUT2D eigenvalue weighted by Crippen LogP contribution is 2.02. The van der Waals surface area contributed by atoms with Crippen LogP contribution in [-0.2, 0) is 11.1 Å². The fourth-order valence-corrected chi connectivity index (χ4v) is 2.15. The molecule has 1 aliphatic rings. The molecule has 1 saturated heterocycles. The molecule has 1 atom stereocenters. The zero-order valence-corrected chi connectivity index (χ0v) is 9.75. The van der Waals surface area contributed by atoms with Crippen LogP contribution in [0.15, 0.2) is 0 Å². The van der Waals surface area contributed by atoms with Crippen LogP contribution in [0.1, 0.15) is 6.42 Å². The Morgan fingerprint density at radius 3 is 2.13 bits per heavy atom. The Morgan fingerprint density at radius 2 is 1.67 bits per heavy atom. The van der Waals surface area contributed by atoms with Gasteiger partial charge in [-0.15, -0.1) is 0 Å². The Morgan fingerprint density at radius 1 is 1.13 bits per heavy atom. The summed E-state index contributed by atoms with van der Waals surface area (Å²) in [6.45, 7) is 5.73. The van der Waals surface area contributed by atoms with Gasteiger partial charge in [0.25, 0.3) is 0 Å². The molecule has 0 bridgehead atoms. The lowest BCUT2D eigenvalue weighted by Gasteiger charge is -2.34. The summed E-state index contributed by atoms with van der Waals surface area (Å²) >= 11 is -1.90. The van der Waals surface area contributed by atoms with E-state index in [0.717, 1.165) is 45.7 Å². The first-order valence-corrected chi connectivity index (χ1v) is 6.58. The van der Waals surface area contributed by atoms with E-state index in [2.05, 4.69) is 9.80 Å². The molecular formula is C9H19N2O3S-. The van der Waals surface area contributed by atoms with Crippen molar-refractivity contribution in [3.63, 3.8) is 0 Å². The average Bonchev–Trinajstić information content (AvgIpc) is 2.20. The van der Waals surface area contributed by atoms with Gasteiger partial charge in [-0.2, -0.15) is 0 Å². The van der Waals surface area contributed by atoms with E-state index in [0.29, 0.717) is 0 Å². The minimum Gasteiger partial charge on any atom is -0.772 e. The predicted octanol–water partition coefficient (Wildman–Crippen LogP) is -1.13. The molecule has 90 valence electrons. The smallest absolute Gasteiger partial charge is 0.0558 e. The molecule has 5 nitrogen and oxygen atoms in total. The molecule has 15 heavy (non-hydrogen) atoms. The lowest BCUT2D eigenvalue weighted by molar-refractivity contribution is 0.113. The second-order valence-corrected chi connectivity index (χ2v) is 4.78. The van der Waals surface area contributed by atoms with Crippen molar-refractivity contribution in [3.8, 4) is 0 Å². The van der Waals surface area contributed by atoms with Crippen molar-refractivity contribution < 1.29 is 13.9 Å². The minimum absolute atomic E-state index is 0.217. The molecule has 1 fully saturated rings. The topological polar surface area (TPSA) is 66.8 Å². The fraction of sp³-hybridized carbons (Fsp3) is 1.00. The van der Waals surface area contributed by atoms with Crippen LogP contribution < -0.4 is 0 Å². The summed E-state index contributed by atoms with van der Waals surface area (Å²) in [7, 11) is 0. The van der Waals surface area contributed by atoms with Gasteiger partial charge in [-0.05, 0) is 13.0 Å². The third-order valence-electron chi connectivity index (χ3n) is 2.67. The van der Waals surface area contributed by atoms with Gasteiger partial charge in [-0.3, -0.25) is 9.11 Å². The largest absolute Gasteiger partial charge is 0.772 e. The van der Waals surface area contributed by atoms with Gasteiger partial charge in [0.15, 0.2) is 0 Å². The molecule has 0 saturated carbocycles. The van der Waals surface area contributed by atoms with Crippen molar-refractivity contribution in [3.05, 3.63) is 0 Å². The van der Waals surface area contributed by atoms with E-state index in [1.165, 1.54) is 0 Å². The van der Waals surface area contributed by atoms with Gasteiger partial charge in [0.1, 0.15) is 0 Å². The lowest BCUT2D eigenvalue weighted by Crippen LogP contribution is -2.47. The number of aliphatic hydroxyl groups is 1. The number of aliphatic hydroxyl groups excluding tert-OH is 1. The van der Waals surface area contributed by atoms with Gasteiger partial charge in [-0.25, -0.2) is 0 Å². The summed E-state index contributed by atoms with van der Waals surface area (Å²) < 4.78 is 20.6. The minimum atomic E-state index is -1.90. The van der Waals surface area contributed by atoms with E-state index in [4.69, 9.17) is 5.11 Å². The first-order chi connectivity index (χ1) is 7.22. The number of piperazine rings is 1. The van der Waals surface area contributed by atoms with Crippen LogP contribution in [-0.4, -0.2) is 75.3 Å². The van der Waals surface area contributed by atoms with E-state index >= 15 is 0 Å². The van der Waals surface area contributed by atoms with Crippen LogP contribution in [0.4, 0.5) is 0 Å². The van der Waals surface area contributed by atoms with Crippen molar-refractivity contribution >= 4 is 11.1 Å². The van der Waals surface area contributed by atoms with Gasteiger partial charge in [0.2, 0.25) is 0 Å². The molecule has 1 rings (SSSR count). The molecule has 1 heterocycles. The Balaban J connectivity index is 2.06. The lowest BCUT2D eigenvalue weighted by atomic mass is 10.3. The number of hydrogen-bond acceptors (Lipinski definition) is 5. The molecular weight excluding hydrogens is 216 g/mol. The molecule has 0 amide bonds. The van der Waals surface area contributed by atoms with Crippen LogP contribution in [0.25, 0.3) is 0 Å². The van der Waals surface area contributed by atoms with Crippen LogP contribution in [0.2, 0.25) is 0 Å². The number of rotatable bonds is 6. The molecule has 6 heteroatoms. The quantitative estimate of drug-likeness (QED) is 0.590. The summed E-state index contributed by atoms with van der Waals surface area (Å²) in [6, 6.07) is 0. The molecule has 1 unspecified atom stereocenters. The highest BCUT2D eigenvalue weighted by molar-refractivity contribution is 7.79. The van der Waals surface area contributed by atoms with E-state index in [-0.39, 0.29) is 12.4 Å². The molecule has 0 aromatic heterocycles. The second kappa shape index (κ2) is 7.29. The van der Waals surface area contributed by atoms with Crippen LogP contribution in [0.5, 0.6) is 0 Å². The molecule has 1 N–H and O–H groups in total. The van der Waals surface area contributed by atoms with Gasteiger partial charge in [0, 0.05) is 38.5 Å². The van der Waals surface area contributed by atoms with Crippen molar-refractivity contribution in [2.75, 3.05) is 51.6 Å². The first-order valence-electron chi connectivity index (χ1n) is 5.34. The van der Waals surface area contributed by atoms with Crippen molar-refractivity contribution in [2.24, 2.45) is 0 Å². The van der Waals surface area contributed by atoms with Crippen LogP contribution in [0.3, 0.4) is 0 Å². The van der Waals surface area contributed by atoms with E-state index in [1.54, 1.807) is 0 Å². The summed E-state index contributed by atoms with van der Waals surface area (Å²) in [5.74, 6) is 0.261.